The Balaban J connectivity index is 1.58. The fraction of sp³-hybridized carbons (Fsp3) is 0.278. The number of carbonyl (C=O) groups is 1. The number of sulfonamides is 1. The molecule has 0 aliphatic carbocycles. The van der Waals surface area contributed by atoms with Crippen LogP contribution in [0.5, 0.6) is 5.75 Å². The summed E-state index contributed by atoms with van der Waals surface area (Å²) in [7, 11) is -4.33. The van der Waals surface area contributed by atoms with Crippen molar-refractivity contribution in [2.45, 2.75) is 17.3 Å². The van der Waals surface area contributed by atoms with Gasteiger partial charge in [0.05, 0.1) is 4.90 Å². The first-order valence-electron chi connectivity index (χ1n) is 9.29. The summed E-state index contributed by atoms with van der Waals surface area (Å²) in [4.78, 5) is 32.1. The van der Waals surface area contributed by atoms with E-state index in [0.29, 0.717) is 15.5 Å². The van der Waals surface area contributed by atoms with E-state index in [1.807, 2.05) is 0 Å². The van der Waals surface area contributed by atoms with Gasteiger partial charge in [-0.05, 0) is 30.3 Å². The zero-order valence-electron chi connectivity index (χ0n) is 16.4. The van der Waals surface area contributed by atoms with Gasteiger partial charge in [-0.2, -0.15) is 4.31 Å². The van der Waals surface area contributed by atoms with Gasteiger partial charge in [-0.1, -0.05) is 11.3 Å². The summed E-state index contributed by atoms with van der Waals surface area (Å²) in [5.74, 6) is -2.00. The summed E-state index contributed by atoms with van der Waals surface area (Å²) in [5, 5.41) is 10.1. The SMILES string of the molecule is O=C(O)[C@H]1CN(c2nc3ccc(=O)[nH]c3s2)CCN1S(=O)(=O)c1ccc(OC(F)(F)F)cc1. The van der Waals surface area contributed by atoms with Crippen LogP contribution in [0.3, 0.4) is 0 Å². The van der Waals surface area contributed by atoms with Gasteiger partial charge in [-0.25, -0.2) is 13.4 Å². The van der Waals surface area contributed by atoms with Crippen molar-refractivity contribution in [1.29, 1.82) is 0 Å². The zero-order chi connectivity index (χ0) is 24.0. The molecule has 33 heavy (non-hydrogen) atoms. The van der Waals surface area contributed by atoms with Crippen LogP contribution in [0.4, 0.5) is 18.3 Å². The summed E-state index contributed by atoms with van der Waals surface area (Å²) < 4.78 is 67.6. The number of ether oxygens (including phenoxy) is 1. The number of aromatic amines is 1. The molecule has 3 aromatic rings. The molecule has 1 aliphatic rings. The number of nitrogens with one attached hydrogen (secondary N) is 1. The lowest BCUT2D eigenvalue weighted by Crippen LogP contribution is -2.58. The Labute approximate surface area is 187 Å². The number of carboxylic acids is 1. The number of benzene rings is 1. The second kappa shape index (κ2) is 8.31. The first kappa shape index (κ1) is 23.0. The van der Waals surface area contributed by atoms with Crippen molar-refractivity contribution in [2.75, 3.05) is 24.5 Å². The fourth-order valence-electron chi connectivity index (χ4n) is 3.34. The predicted molar refractivity (Wildman–Crippen MR) is 111 cm³/mol. The van der Waals surface area contributed by atoms with E-state index in [-0.39, 0.29) is 30.1 Å². The number of nitrogens with zero attached hydrogens (tertiary/aromatic N) is 3. The van der Waals surface area contributed by atoms with Crippen molar-refractivity contribution in [3.63, 3.8) is 0 Å². The molecule has 176 valence electrons. The Morgan fingerprint density at radius 1 is 1.18 bits per heavy atom. The van der Waals surface area contributed by atoms with Gasteiger partial charge in [0.15, 0.2) is 5.13 Å². The number of carboxylic acid groups (broad SMARTS) is 1. The molecule has 0 bridgehead atoms. The van der Waals surface area contributed by atoms with Gasteiger partial charge < -0.3 is 19.7 Å². The molecule has 1 saturated heterocycles. The van der Waals surface area contributed by atoms with Crippen molar-refractivity contribution in [1.82, 2.24) is 14.3 Å². The Morgan fingerprint density at radius 2 is 1.88 bits per heavy atom. The first-order valence-corrected chi connectivity index (χ1v) is 11.5. The lowest BCUT2D eigenvalue weighted by Gasteiger charge is -2.38. The molecular weight excluding hydrogens is 489 g/mol. The summed E-state index contributed by atoms with van der Waals surface area (Å²) in [6, 6.07) is 4.89. The molecule has 10 nitrogen and oxygen atoms in total. The summed E-state index contributed by atoms with van der Waals surface area (Å²) in [6.45, 7) is -0.303. The molecule has 3 heterocycles. The van der Waals surface area contributed by atoms with Crippen LogP contribution in [0.2, 0.25) is 0 Å². The van der Waals surface area contributed by atoms with Crippen LogP contribution in [0.25, 0.3) is 10.3 Å². The average molecular weight is 504 g/mol. The summed E-state index contributed by atoms with van der Waals surface area (Å²) >= 11 is 1.14. The molecule has 1 aliphatic heterocycles. The Hall–Kier alpha value is -3.17. The molecular formula is C18H15F3N4O6S2. The van der Waals surface area contributed by atoms with Crippen molar-refractivity contribution >= 4 is 42.8 Å². The molecule has 0 saturated carbocycles. The van der Waals surface area contributed by atoms with Gasteiger partial charge in [-0.15, -0.1) is 13.2 Å². The number of thiazole rings is 1. The summed E-state index contributed by atoms with van der Waals surface area (Å²) in [5.41, 5.74) is 0.196. The van der Waals surface area contributed by atoms with Crippen molar-refractivity contribution in [3.05, 3.63) is 46.8 Å². The number of alkyl halides is 3. The standard InChI is InChI=1S/C18H15F3N4O6S2/c19-18(20,21)31-10-1-3-11(4-2-10)33(29,30)25-8-7-24(9-13(25)16(27)28)17-22-12-5-6-14(26)23-15(12)32-17/h1-6,13H,7-9H2,(H,23,26)(H,27,28)/t13-/m1/s1. The van der Waals surface area contributed by atoms with E-state index >= 15 is 0 Å². The largest absolute Gasteiger partial charge is 0.573 e. The molecule has 1 fully saturated rings. The molecule has 4 rings (SSSR count). The van der Waals surface area contributed by atoms with E-state index in [0.717, 1.165) is 39.9 Å². The average Bonchev–Trinajstić information content (AvgIpc) is 3.15. The molecule has 0 radical (unpaired) electrons. The van der Waals surface area contributed by atoms with E-state index in [9.17, 15) is 36.3 Å². The zero-order valence-corrected chi connectivity index (χ0v) is 18.1. The van der Waals surface area contributed by atoms with Gasteiger partial charge >= 0.3 is 12.3 Å². The summed E-state index contributed by atoms with van der Waals surface area (Å²) in [6.07, 6.45) is -4.93. The third-order valence-electron chi connectivity index (χ3n) is 4.82. The molecule has 2 aromatic heterocycles. The molecule has 0 spiro atoms. The number of fused-ring (bicyclic) bond motifs is 1. The van der Waals surface area contributed by atoms with Crippen LogP contribution in [-0.2, 0) is 14.8 Å². The Kier molecular flexibility index (Phi) is 5.79. The fourth-order valence-corrected chi connectivity index (χ4v) is 5.90. The first-order chi connectivity index (χ1) is 15.4. The lowest BCUT2D eigenvalue weighted by molar-refractivity contribution is -0.274. The number of H-pyrrole nitrogens is 1. The number of hydrogen-bond acceptors (Lipinski definition) is 8. The van der Waals surface area contributed by atoms with E-state index in [1.54, 1.807) is 4.90 Å². The number of piperazine rings is 1. The number of anilines is 1. The highest BCUT2D eigenvalue weighted by atomic mass is 32.2. The minimum absolute atomic E-state index is 0.113. The van der Waals surface area contributed by atoms with Crippen LogP contribution in [0.15, 0.2) is 46.1 Å². The van der Waals surface area contributed by atoms with E-state index in [4.69, 9.17) is 0 Å². The number of halogens is 3. The van der Waals surface area contributed by atoms with Crippen LogP contribution in [0, 0.1) is 0 Å². The van der Waals surface area contributed by atoms with Crippen molar-refractivity contribution in [3.8, 4) is 5.75 Å². The number of pyridine rings is 1. The molecule has 2 N–H and O–H groups in total. The molecule has 0 amide bonds. The van der Waals surface area contributed by atoms with Gasteiger partial charge in [0.1, 0.15) is 22.1 Å². The smallest absolute Gasteiger partial charge is 0.480 e. The lowest BCUT2D eigenvalue weighted by atomic mass is 10.2. The number of hydrogen-bond donors (Lipinski definition) is 2. The quantitative estimate of drug-likeness (QED) is 0.538. The number of rotatable bonds is 5. The maximum absolute atomic E-state index is 13.0. The van der Waals surface area contributed by atoms with E-state index in [2.05, 4.69) is 14.7 Å². The minimum Gasteiger partial charge on any atom is -0.480 e. The third kappa shape index (κ3) is 4.79. The van der Waals surface area contributed by atoms with Gasteiger partial charge in [0.2, 0.25) is 15.6 Å². The maximum atomic E-state index is 13.0. The highest BCUT2D eigenvalue weighted by Crippen LogP contribution is 2.31. The Bertz CT molecular complexity index is 1350. The molecule has 0 unspecified atom stereocenters. The van der Waals surface area contributed by atoms with Gasteiger partial charge in [0, 0.05) is 25.7 Å². The van der Waals surface area contributed by atoms with Crippen LogP contribution >= 0.6 is 11.3 Å². The third-order valence-corrected chi connectivity index (χ3v) is 7.79. The second-order valence-electron chi connectivity index (χ2n) is 6.97. The second-order valence-corrected chi connectivity index (χ2v) is 9.84. The van der Waals surface area contributed by atoms with Crippen LogP contribution in [-0.4, -0.2) is 65.8 Å². The number of aliphatic carboxylic acids is 1. The van der Waals surface area contributed by atoms with Gasteiger partial charge in [-0.3, -0.25) is 9.59 Å². The highest BCUT2D eigenvalue weighted by Gasteiger charge is 2.41. The molecule has 15 heteroatoms. The minimum atomic E-state index is -4.93. The maximum Gasteiger partial charge on any atom is 0.573 e. The van der Waals surface area contributed by atoms with Crippen molar-refractivity contribution < 1.29 is 36.2 Å². The predicted octanol–water partition coefficient (Wildman–Crippen LogP) is 1.85. The molecule has 1 aromatic carbocycles. The van der Waals surface area contributed by atoms with Crippen LogP contribution < -0.4 is 15.2 Å². The normalized spacial score (nSPS) is 17.9. The van der Waals surface area contributed by atoms with E-state index in [1.165, 1.54) is 12.1 Å². The highest BCUT2D eigenvalue weighted by molar-refractivity contribution is 7.89. The number of aromatic nitrogens is 2. The van der Waals surface area contributed by atoms with Crippen molar-refractivity contribution in [2.24, 2.45) is 0 Å². The van der Waals surface area contributed by atoms with Gasteiger partial charge in [0.25, 0.3) is 0 Å². The molecule has 1 atom stereocenters. The monoisotopic (exact) mass is 504 g/mol. The Morgan fingerprint density at radius 3 is 2.52 bits per heavy atom. The van der Waals surface area contributed by atoms with E-state index < -0.39 is 34.1 Å². The topological polar surface area (TPSA) is 133 Å². The van der Waals surface area contributed by atoms with Crippen LogP contribution in [0.1, 0.15) is 0 Å².